The Morgan fingerprint density at radius 2 is 1.94 bits per heavy atom. The molecule has 18 heavy (non-hydrogen) atoms. The van der Waals surface area contributed by atoms with Crippen LogP contribution in [0.15, 0.2) is 0 Å². The Morgan fingerprint density at radius 1 is 1.28 bits per heavy atom. The summed E-state index contributed by atoms with van der Waals surface area (Å²) in [7, 11) is 0. The third-order valence-electron chi connectivity index (χ3n) is 3.29. The summed E-state index contributed by atoms with van der Waals surface area (Å²) in [6.45, 7) is 4.99. The van der Waals surface area contributed by atoms with Crippen molar-refractivity contribution in [2.75, 3.05) is 19.6 Å². The predicted octanol–water partition coefficient (Wildman–Crippen LogP) is 1.23. The molecule has 0 spiro atoms. The van der Waals surface area contributed by atoms with E-state index >= 15 is 0 Å². The SMILES string of the molecule is CC(CCCC(=O)O)NC(=O)CCN1CCCC1. The highest BCUT2D eigenvalue weighted by molar-refractivity contribution is 5.76. The van der Waals surface area contributed by atoms with E-state index in [2.05, 4.69) is 10.2 Å². The maximum absolute atomic E-state index is 11.7. The van der Waals surface area contributed by atoms with E-state index in [1.165, 1.54) is 12.8 Å². The van der Waals surface area contributed by atoms with Gasteiger partial charge in [-0.05, 0) is 45.7 Å². The van der Waals surface area contributed by atoms with Crippen LogP contribution in [0.4, 0.5) is 0 Å². The quantitative estimate of drug-likeness (QED) is 0.685. The molecule has 0 aromatic carbocycles. The van der Waals surface area contributed by atoms with Crippen molar-refractivity contribution in [1.82, 2.24) is 10.2 Å². The van der Waals surface area contributed by atoms with Crippen molar-refractivity contribution in [1.29, 1.82) is 0 Å². The van der Waals surface area contributed by atoms with Crippen LogP contribution in [-0.4, -0.2) is 47.6 Å². The molecule has 1 fully saturated rings. The lowest BCUT2D eigenvalue weighted by Gasteiger charge is -2.16. The first-order chi connectivity index (χ1) is 8.58. The van der Waals surface area contributed by atoms with Gasteiger partial charge in [-0.3, -0.25) is 9.59 Å². The zero-order valence-electron chi connectivity index (χ0n) is 11.2. The number of hydrogen-bond donors (Lipinski definition) is 2. The Balaban J connectivity index is 2.05. The number of hydrogen-bond acceptors (Lipinski definition) is 3. The van der Waals surface area contributed by atoms with Crippen LogP contribution >= 0.6 is 0 Å². The molecular formula is C13H24N2O3. The number of carbonyl (C=O) groups excluding carboxylic acids is 1. The minimum absolute atomic E-state index is 0.0652. The minimum atomic E-state index is -0.775. The number of carboxylic acid groups (broad SMARTS) is 1. The van der Waals surface area contributed by atoms with Crippen LogP contribution in [0.5, 0.6) is 0 Å². The zero-order valence-corrected chi connectivity index (χ0v) is 11.2. The molecule has 2 N–H and O–H groups in total. The minimum Gasteiger partial charge on any atom is -0.481 e. The molecule has 0 aromatic heterocycles. The monoisotopic (exact) mass is 256 g/mol. The number of nitrogens with zero attached hydrogens (tertiary/aromatic N) is 1. The predicted molar refractivity (Wildman–Crippen MR) is 69.4 cm³/mol. The summed E-state index contributed by atoms with van der Waals surface area (Å²) in [5.41, 5.74) is 0. The average Bonchev–Trinajstić information content (AvgIpc) is 2.78. The number of carbonyl (C=O) groups is 2. The van der Waals surface area contributed by atoms with Crippen LogP contribution in [0.2, 0.25) is 0 Å². The number of rotatable bonds is 8. The van der Waals surface area contributed by atoms with E-state index in [4.69, 9.17) is 5.11 Å². The summed E-state index contributed by atoms with van der Waals surface area (Å²) in [5, 5.41) is 11.4. The smallest absolute Gasteiger partial charge is 0.303 e. The maximum Gasteiger partial charge on any atom is 0.303 e. The molecule has 0 saturated carbocycles. The molecule has 1 saturated heterocycles. The number of carboxylic acids is 1. The van der Waals surface area contributed by atoms with Crippen LogP contribution in [0.1, 0.15) is 45.4 Å². The van der Waals surface area contributed by atoms with Crippen molar-refractivity contribution in [3.05, 3.63) is 0 Å². The molecule has 1 unspecified atom stereocenters. The summed E-state index contributed by atoms with van der Waals surface area (Å²) in [6.07, 6.45) is 4.54. The van der Waals surface area contributed by atoms with Crippen LogP contribution in [0.3, 0.4) is 0 Å². The molecule has 5 nitrogen and oxygen atoms in total. The molecule has 0 bridgehead atoms. The molecular weight excluding hydrogens is 232 g/mol. The highest BCUT2D eigenvalue weighted by Gasteiger charge is 2.13. The highest BCUT2D eigenvalue weighted by Crippen LogP contribution is 2.07. The molecule has 5 heteroatoms. The molecule has 1 heterocycles. The molecule has 104 valence electrons. The molecule has 1 aliphatic heterocycles. The standard InChI is InChI=1S/C13H24N2O3/c1-11(5-4-6-13(17)18)14-12(16)7-10-15-8-2-3-9-15/h11H,2-10H2,1H3,(H,14,16)(H,17,18). The van der Waals surface area contributed by atoms with Crippen LogP contribution in [0, 0.1) is 0 Å². The molecule has 0 radical (unpaired) electrons. The van der Waals surface area contributed by atoms with E-state index in [0.717, 1.165) is 26.1 Å². The van der Waals surface area contributed by atoms with Gasteiger partial charge in [-0.1, -0.05) is 0 Å². The third kappa shape index (κ3) is 6.59. The Hall–Kier alpha value is -1.10. The summed E-state index contributed by atoms with van der Waals surface area (Å²) < 4.78 is 0. The summed E-state index contributed by atoms with van der Waals surface area (Å²) in [6, 6.07) is 0.0652. The highest BCUT2D eigenvalue weighted by atomic mass is 16.4. The third-order valence-corrected chi connectivity index (χ3v) is 3.29. The van der Waals surface area contributed by atoms with Gasteiger partial charge >= 0.3 is 5.97 Å². The van der Waals surface area contributed by atoms with Crippen molar-refractivity contribution in [2.24, 2.45) is 0 Å². The van der Waals surface area contributed by atoms with Gasteiger partial charge < -0.3 is 15.3 Å². The van der Waals surface area contributed by atoms with E-state index in [-0.39, 0.29) is 18.4 Å². The molecule has 1 rings (SSSR count). The fourth-order valence-electron chi connectivity index (χ4n) is 2.24. The Bertz CT molecular complexity index is 275. The van der Waals surface area contributed by atoms with Crippen molar-refractivity contribution < 1.29 is 14.7 Å². The fraction of sp³-hybridized carbons (Fsp3) is 0.846. The molecule has 0 aromatic rings. The lowest BCUT2D eigenvalue weighted by atomic mass is 10.1. The van der Waals surface area contributed by atoms with Gasteiger partial charge in [0, 0.05) is 25.4 Å². The second-order valence-corrected chi connectivity index (χ2v) is 5.05. The summed E-state index contributed by atoms with van der Waals surface area (Å²) in [5.74, 6) is -0.702. The largest absolute Gasteiger partial charge is 0.481 e. The first kappa shape index (κ1) is 15.0. The van der Waals surface area contributed by atoms with Crippen molar-refractivity contribution in [3.63, 3.8) is 0 Å². The molecule has 1 atom stereocenters. The second kappa shape index (κ2) is 8.08. The van der Waals surface area contributed by atoms with Gasteiger partial charge in [0.2, 0.25) is 5.91 Å². The molecule has 0 aliphatic carbocycles. The van der Waals surface area contributed by atoms with Crippen LogP contribution in [0.25, 0.3) is 0 Å². The van der Waals surface area contributed by atoms with Gasteiger partial charge in [0.15, 0.2) is 0 Å². The van der Waals surface area contributed by atoms with E-state index in [1.54, 1.807) is 0 Å². The Kier molecular flexibility index (Phi) is 6.72. The fourth-order valence-corrected chi connectivity index (χ4v) is 2.24. The number of nitrogens with one attached hydrogen (secondary N) is 1. The zero-order chi connectivity index (χ0) is 13.4. The lowest BCUT2D eigenvalue weighted by Crippen LogP contribution is -2.35. The molecule has 1 amide bonds. The first-order valence-corrected chi connectivity index (χ1v) is 6.81. The van der Waals surface area contributed by atoms with Crippen LogP contribution < -0.4 is 5.32 Å². The van der Waals surface area contributed by atoms with Gasteiger partial charge in [0.05, 0.1) is 0 Å². The lowest BCUT2D eigenvalue weighted by molar-refractivity contribution is -0.137. The van der Waals surface area contributed by atoms with Crippen molar-refractivity contribution >= 4 is 11.9 Å². The van der Waals surface area contributed by atoms with Gasteiger partial charge in [-0.25, -0.2) is 0 Å². The van der Waals surface area contributed by atoms with E-state index in [9.17, 15) is 9.59 Å². The number of amides is 1. The van der Waals surface area contributed by atoms with Crippen molar-refractivity contribution in [2.45, 2.75) is 51.5 Å². The average molecular weight is 256 g/mol. The second-order valence-electron chi connectivity index (χ2n) is 5.05. The first-order valence-electron chi connectivity index (χ1n) is 6.81. The Morgan fingerprint density at radius 3 is 2.56 bits per heavy atom. The topological polar surface area (TPSA) is 69.6 Å². The van der Waals surface area contributed by atoms with Gasteiger partial charge in [0.25, 0.3) is 0 Å². The van der Waals surface area contributed by atoms with Crippen LogP contribution in [-0.2, 0) is 9.59 Å². The maximum atomic E-state index is 11.7. The number of likely N-dealkylation sites (tertiary alicyclic amines) is 1. The van der Waals surface area contributed by atoms with Gasteiger partial charge in [-0.15, -0.1) is 0 Å². The van der Waals surface area contributed by atoms with E-state index in [1.807, 2.05) is 6.92 Å². The van der Waals surface area contributed by atoms with E-state index in [0.29, 0.717) is 12.8 Å². The van der Waals surface area contributed by atoms with Gasteiger partial charge in [-0.2, -0.15) is 0 Å². The molecule has 1 aliphatic rings. The van der Waals surface area contributed by atoms with Crippen molar-refractivity contribution in [3.8, 4) is 0 Å². The number of aliphatic carboxylic acids is 1. The van der Waals surface area contributed by atoms with Gasteiger partial charge in [0.1, 0.15) is 0 Å². The summed E-state index contributed by atoms with van der Waals surface area (Å²) >= 11 is 0. The van der Waals surface area contributed by atoms with E-state index < -0.39 is 5.97 Å². The Labute approximate surface area is 109 Å². The normalized spacial score (nSPS) is 17.6. The summed E-state index contributed by atoms with van der Waals surface area (Å²) in [4.78, 5) is 24.3.